The molecule has 1 saturated carbocycles. The number of carbonyl (C=O) groups excluding carboxylic acids is 1. The Morgan fingerprint density at radius 1 is 1.25 bits per heavy atom. The Balaban J connectivity index is 1.60. The van der Waals surface area contributed by atoms with E-state index >= 15 is 0 Å². The van der Waals surface area contributed by atoms with E-state index < -0.39 is 0 Å². The number of nitrogens with one attached hydrogen (secondary N) is 2. The van der Waals surface area contributed by atoms with Gasteiger partial charge in [0.15, 0.2) is 0 Å². The van der Waals surface area contributed by atoms with E-state index in [2.05, 4.69) is 17.6 Å². The van der Waals surface area contributed by atoms with Crippen LogP contribution in [0, 0.1) is 5.92 Å². The minimum absolute atomic E-state index is 0.0830. The molecule has 2 unspecified atom stereocenters. The van der Waals surface area contributed by atoms with Crippen molar-refractivity contribution in [2.45, 2.75) is 38.6 Å². The molecule has 2 atom stereocenters. The Hall–Kier alpha value is -1.71. The second kappa shape index (κ2) is 7.78. The molecule has 2 N–H and O–H groups in total. The highest BCUT2D eigenvalue weighted by Crippen LogP contribution is 2.23. The van der Waals surface area contributed by atoms with Crippen LogP contribution in [0.1, 0.15) is 32.6 Å². The van der Waals surface area contributed by atoms with E-state index in [-0.39, 0.29) is 6.03 Å². The molecule has 0 spiro atoms. The fraction of sp³-hybridized carbons (Fsp3) is 0.562. The Kier molecular flexibility index (Phi) is 5.71. The van der Waals surface area contributed by atoms with Crippen LogP contribution in [0.3, 0.4) is 0 Å². The first kappa shape index (κ1) is 14.7. The van der Waals surface area contributed by atoms with Gasteiger partial charge in [0.25, 0.3) is 0 Å². The summed E-state index contributed by atoms with van der Waals surface area (Å²) in [5.41, 5.74) is 0. The maximum absolute atomic E-state index is 11.8. The number of ether oxygens (including phenoxy) is 1. The summed E-state index contributed by atoms with van der Waals surface area (Å²) < 4.78 is 5.53. The van der Waals surface area contributed by atoms with Crippen molar-refractivity contribution in [1.29, 1.82) is 0 Å². The Bertz CT molecular complexity index is 408. The molecule has 20 heavy (non-hydrogen) atoms. The largest absolute Gasteiger partial charge is 0.492 e. The molecule has 110 valence electrons. The predicted octanol–water partition coefficient (Wildman–Crippen LogP) is 2.94. The maximum Gasteiger partial charge on any atom is 0.315 e. The van der Waals surface area contributed by atoms with Gasteiger partial charge in [-0.15, -0.1) is 0 Å². The molecule has 0 radical (unpaired) electrons. The van der Waals surface area contributed by atoms with Crippen molar-refractivity contribution >= 4 is 6.03 Å². The summed E-state index contributed by atoms with van der Waals surface area (Å²) >= 11 is 0. The average molecular weight is 276 g/mol. The standard InChI is InChI=1S/C16H24N2O2/c1-13-7-5-6-10-15(13)18-16(19)17-11-12-20-14-8-3-2-4-9-14/h2-4,8-9,13,15H,5-7,10-12H2,1H3,(H2,17,18,19). The fourth-order valence-corrected chi connectivity index (χ4v) is 2.60. The molecule has 4 nitrogen and oxygen atoms in total. The van der Waals surface area contributed by atoms with Crippen LogP contribution in [-0.2, 0) is 0 Å². The van der Waals surface area contributed by atoms with Crippen molar-refractivity contribution < 1.29 is 9.53 Å². The van der Waals surface area contributed by atoms with Gasteiger partial charge in [-0.05, 0) is 30.9 Å². The molecule has 1 fully saturated rings. The lowest BCUT2D eigenvalue weighted by Gasteiger charge is -2.29. The first-order valence-electron chi connectivity index (χ1n) is 7.48. The van der Waals surface area contributed by atoms with Gasteiger partial charge in [0.05, 0.1) is 6.54 Å². The van der Waals surface area contributed by atoms with Crippen LogP contribution < -0.4 is 15.4 Å². The fourth-order valence-electron chi connectivity index (χ4n) is 2.60. The highest BCUT2D eigenvalue weighted by atomic mass is 16.5. The molecular formula is C16H24N2O2. The highest BCUT2D eigenvalue weighted by molar-refractivity contribution is 5.74. The van der Waals surface area contributed by atoms with E-state index in [1.54, 1.807) is 0 Å². The van der Waals surface area contributed by atoms with Gasteiger partial charge in [0.1, 0.15) is 12.4 Å². The van der Waals surface area contributed by atoms with Gasteiger partial charge in [-0.2, -0.15) is 0 Å². The van der Waals surface area contributed by atoms with E-state index in [9.17, 15) is 4.79 Å². The highest BCUT2D eigenvalue weighted by Gasteiger charge is 2.22. The molecule has 2 amide bonds. The minimum atomic E-state index is -0.0830. The van der Waals surface area contributed by atoms with Gasteiger partial charge in [0.2, 0.25) is 0 Å². The monoisotopic (exact) mass is 276 g/mol. The second-order valence-electron chi connectivity index (χ2n) is 5.43. The molecular weight excluding hydrogens is 252 g/mol. The summed E-state index contributed by atoms with van der Waals surface area (Å²) in [6.45, 7) is 3.21. The molecule has 1 aliphatic rings. The lowest BCUT2D eigenvalue weighted by atomic mass is 9.86. The first-order valence-corrected chi connectivity index (χ1v) is 7.48. The number of hydrogen-bond acceptors (Lipinski definition) is 2. The molecule has 1 aliphatic carbocycles. The summed E-state index contributed by atoms with van der Waals surface area (Å²) in [5.74, 6) is 1.41. The summed E-state index contributed by atoms with van der Waals surface area (Å²) in [7, 11) is 0. The van der Waals surface area contributed by atoms with Crippen LogP contribution >= 0.6 is 0 Å². The molecule has 0 heterocycles. The summed E-state index contributed by atoms with van der Waals surface area (Å²) in [4.78, 5) is 11.8. The summed E-state index contributed by atoms with van der Waals surface area (Å²) in [6, 6.07) is 9.86. The Labute approximate surface area is 120 Å². The molecule has 2 rings (SSSR count). The quantitative estimate of drug-likeness (QED) is 0.812. The van der Waals surface area contributed by atoms with Crippen molar-refractivity contribution in [3.8, 4) is 5.75 Å². The molecule has 1 aromatic rings. The third kappa shape index (κ3) is 4.76. The Morgan fingerprint density at radius 3 is 2.75 bits per heavy atom. The summed E-state index contributed by atoms with van der Waals surface area (Å²) in [5, 5.41) is 5.91. The van der Waals surface area contributed by atoms with Crippen LogP contribution in [0.5, 0.6) is 5.75 Å². The summed E-state index contributed by atoms with van der Waals surface area (Å²) in [6.07, 6.45) is 4.80. The molecule has 0 saturated heterocycles. The van der Waals surface area contributed by atoms with E-state index in [4.69, 9.17) is 4.74 Å². The topological polar surface area (TPSA) is 50.4 Å². The second-order valence-corrected chi connectivity index (χ2v) is 5.43. The van der Waals surface area contributed by atoms with Crippen LogP contribution in [0.4, 0.5) is 4.79 Å². The van der Waals surface area contributed by atoms with Crippen molar-refractivity contribution in [3.63, 3.8) is 0 Å². The third-order valence-electron chi connectivity index (χ3n) is 3.83. The molecule has 4 heteroatoms. The van der Waals surface area contributed by atoms with Crippen LogP contribution in [0.25, 0.3) is 0 Å². The maximum atomic E-state index is 11.8. The van der Waals surface area contributed by atoms with Crippen LogP contribution in [0.2, 0.25) is 0 Å². The van der Waals surface area contributed by atoms with E-state index in [0.29, 0.717) is 25.1 Å². The van der Waals surface area contributed by atoms with E-state index in [1.807, 2.05) is 30.3 Å². The number of benzene rings is 1. The number of amides is 2. The van der Waals surface area contributed by atoms with Crippen LogP contribution in [-0.4, -0.2) is 25.2 Å². The van der Waals surface area contributed by atoms with Gasteiger partial charge in [0, 0.05) is 6.04 Å². The smallest absolute Gasteiger partial charge is 0.315 e. The zero-order chi connectivity index (χ0) is 14.2. The number of urea groups is 1. The third-order valence-corrected chi connectivity index (χ3v) is 3.83. The number of carbonyl (C=O) groups is 1. The normalized spacial score (nSPS) is 22.1. The van der Waals surface area contributed by atoms with Gasteiger partial charge in [-0.25, -0.2) is 4.79 Å². The van der Waals surface area contributed by atoms with E-state index in [1.165, 1.54) is 19.3 Å². The lowest BCUT2D eigenvalue weighted by molar-refractivity contribution is 0.218. The van der Waals surface area contributed by atoms with Gasteiger partial charge >= 0.3 is 6.03 Å². The minimum Gasteiger partial charge on any atom is -0.492 e. The molecule has 0 bridgehead atoms. The predicted molar refractivity (Wildman–Crippen MR) is 79.9 cm³/mol. The first-order chi connectivity index (χ1) is 9.75. The SMILES string of the molecule is CC1CCCCC1NC(=O)NCCOc1ccccc1. The number of para-hydroxylation sites is 1. The zero-order valence-corrected chi connectivity index (χ0v) is 12.1. The van der Waals surface area contributed by atoms with Crippen molar-refractivity contribution in [1.82, 2.24) is 10.6 Å². The van der Waals surface area contributed by atoms with Crippen LogP contribution in [0.15, 0.2) is 30.3 Å². The van der Waals surface area contributed by atoms with Crippen molar-refractivity contribution in [2.24, 2.45) is 5.92 Å². The lowest BCUT2D eigenvalue weighted by Crippen LogP contribution is -2.46. The average Bonchev–Trinajstić information content (AvgIpc) is 2.47. The van der Waals surface area contributed by atoms with Gasteiger partial charge in [-0.1, -0.05) is 38.0 Å². The number of rotatable bonds is 5. The van der Waals surface area contributed by atoms with E-state index in [0.717, 1.165) is 12.2 Å². The molecule has 0 aliphatic heterocycles. The molecule has 0 aromatic heterocycles. The zero-order valence-electron chi connectivity index (χ0n) is 12.1. The van der Waals surface area contributed by atoms with Crippen molar-refractivity contribution in [2.75, 3.05) is 13.2 Å². The van der Waals surface area contributed by atoms with Gasteiger partial charge < -0.3 is 15.4 Å². The Morgan fingerprint density at radius 2 is 2.00 bits per heavy atom. The van der Waals surface area contributed by atoms with Gasteiger partial charge in [-0.3, -0.25) is 0 Å². The van der Waals surface area contributed by atoms with Crippen molar-refractivity contribution in [3.05, 3.63) is 30.3 Å². The molecule has 1 aromatic carbocycles. The number of hydrogen-bond donors (Lipinski definition) is 2.